The topological polar surface area (TPSA) is 69.8 Å². The third kappa shape index (κ3) is 3.58. The highest BCUT2D eigenvalue weighted by atomic mass is 16.1. The van der Waals surface area contributed by atoms with Crippen LogP contribution in [0.4, 0.5) is 5.69 Å². The zero-order valence-corrected chi connectivity index (χ0v) is 11.1. The number of nitrogens with zero attached hydrogens (tertiary/aromatic N) is 1. The standard InChI is InChI=1S/C14H18N4O/c1-10(13-7-8-16-18-13)17-12-5-3-11(4-6-12)9-14(19)15-2/h3-8,10,17H,9H2,1-2H3,(H,15,19)(H,16,18). The third-order valence-electron chi connectivity index (χ3n) is 2.97. The van der Waals surface area contributed by atoms with E-state index in [9.17, 15) is 4.79 Å². The number of H-pyrrole nitrogens is 1. The number of aromatic amines is 1. The number of likely N-dealkylation sites (N-methyl/N-ethyl adjacent to an activating group) is 1. The van der Waals surface area contributed by atoms with E-state index in [0.29, 0.717) is 6.42 Å². The minimum Gasteiger partial charge on any atom is -0.377 e. The van der Waals surface area contributed by atoms with Crippen molar-refractivity contribution in [3.05, 3.63) is 47.8 Å². The van der Waals surface area contributed by atoms with Gasteiger partial charge >= 0.3 is 0 Å². The molecule has 0 bridgehead atoms. The van der Waals surface area contributed by atoms with E-state index < -0.39 is 0 Å². The molecule has 1 atom stereocenters. The predicted octanol–water partition coefficient (Wildman–Crippen LogP) is 1.87. The maximum absolute atomic E-state index is 11.3. The Morgan fingerprint density at radius 1 is 1.32 bits per heavy atom. The van der Waals surface area contributed by atoms with Crippen LogP contribution >= 0.6 is 0 Å². The Kier molecular flexibility index (Phi) is 4.18. The molecule has 1 aromatic carbocycles. The predicted molar refractivity (Wildman–Crippen MR) is 74.8 cm³/mol. The summed E-state index contributed by atoms with van der Waals surface area (Å²) in [6, 6.07) is 9.97. The van der Waals surface area contributed by atoms with Crippen LogP contribution in [0.5, 0.6) is 0 Å². The van der Waals surface area contributed by atoms with Gasteiger partial charge in [-0.2, -0.15) is 5.10 Å². The molecule has 0 spiro atoms. The van der Waals surface area contributed by atoms with Gasteiger partial charge in [-0.3, -0.25) is 9.89 Å². The Balaban J connectivity index is 1.97. The van der Waals surface area contributed by atoms with Gasteiger partial charge < -0.3 is 10.6 Å². The molecule has 0 aliphatic rings. The van der Waals surface area contributed by atoms with Gasteiger partial charge in [-0.05, 0) is 30.7 Å². The second-order valence-electron chi connectivity index (χ2n) is 4.42. The Bertz CT molecular complexity index is 519. The van der Waals surface area contributed by atoms with Gasteiger partial charge in [0.2, 0.25) is 5.91 Å². The minimum atomic E-state index is 0.0199. The summed E-state index contributed by atoms with van der Waals surface area (Å²) in [4.78, 5) is 11.3. The molecule has 0 saturated heterocycles. The highest BCUT2D eigenvalue weighted by molar-refractivity contribution is 5.78. The van der Waals surface area contributed by atoms with Crippen LogP contribution in [0.1, 0.15) is 24.2 Å². The third-order valence-corrected chi connectivity index (χ3v) is 2.97. The number of hydrogen-bond acceptors (Lipinski definition) is 3. The summed E-state index contributed by atoms with van der Waals surface area (Å²) < 4.78 is 0. The highest BCUT2D eigenvalue weighted by Crippen LogP contribution is 2.17. The Labute approximate surface area is 112 Å². The first-order chi connectivity index (χ1) is 9.19. The number of aromatic nitrogens is 2. The average Bonchev–Trinajstić information content (AvgIpc) is 2.95. The van der Waals surface area contributed by atoms with E-state index in [1.807, 2.05) is 30.3 Å². The molecule has 1 amide bonds. The fraction of sp³-hybridized carbons (Fsp3) is 0.286. The lowest BCUT2D eigenvalue weighted by Crippen LogP contribution is -2.19. The van der Waals surface area contributed by atoms with Gasteiger partial charge in [0.1, 0.15) is 0 Å². The molecule has 1 heterocycles. The van der Waals surface area contributed by atoms with Crippen molar-refractivity contribution in [2.24, 2.45) is 0 Å². The molecule has 19 heavy (non-hydrogen) atoms. The lowest BCUT2D eigenvalue weighted by molar-refractivity contribution is -0.119. The molecular weight excluding hydrogens is 240 g/mol. The smallest absolute Gasteiger partial charge is 0.224 e. The summed E-state index contributed by atoms with van der Waals surface area (Å²) in [6.07, 6.45) is 2.15. The van der Waals surface area contributed by atoms with E-state index in [1.165, 1.54) is 0 Å². The van der Waals surface area contributed by atoms with Crippen LogP contribution in [-0.2, 0) is 11.2 Å². The number of benzene rings is 1. The molecule has 0 fully saturated rings. The normalized spacial score (nSPS) is 11.9. The van der Waals surface area contributed by atoms with Crippen molar-refractivity contribution >= 4 is 11.6 Å². The first-order valence-corrected chi connectivity index (χ1v) is 6.24. The van der Waals surface area contributed by atoms with Crippen LogP contribution in [0, 0.1) is 0 Å². The van der Waals surface area contributed by atoms with Crippen molar-refractivity contribution in [3.63, 3.8) is 0 Å². The van der Waals surface area contributed by atoms with Crippen LogP contribution in [0.2, 0.25) is 0 Å². The number of nitrogens with one attached hydrogen (secondary N) is 3. The first-order valence-electron chi connectivity index (χ1n) is 6.24. The maximum atomic E-state index is 11.3. The zero-order valence-electron chi connectivity index (χ0n) is 11.1. The summed E-state index contributed by atoms with van der Waals surface area (Å²) in [5.74, 6) is 0.0199. The highest BCUT2D eigenvalue weighted by Gasteiger charge is 2.06. The number of amides is 1. The van der Waals surface area contributed by atoms with Crippen LogP contribution in [0.25, 0.3) is 0 Å². The summed E-state index contributed by atoms with van der Waals surface area (Å²) >= 11 is 0. The lowest BCUT2D eigenvalue weighted by atomic mass is 10.1. The quantitative estimate of drug-likeness (QED) is 0.766. The van der Waals surface area contributed by atoms with Crippen molar-refractivity contribution in [2.75, 3.05) is 12.4 Å². The zero-order chi connectivity index (χ0) is 13.7. The summed E-state index contributed by atoms with van der Waals surface area (Å²) in [6.45, 7) is 2.06. The molecule has 1 unspecified atom stereocenters. The SMILES string of the molecule is CNC(=O)Cc1ccc(NC(C)c2ccn[nH]2)cc1. The Morgan fingerprint density at radius 3 is 2.63 bits per heavy atom. The molecule has 0 aliphatic carbocycles. The summed E-state index contributed by atoms with van der Waals surface area (Å²) in [5.41, 5.74) is 3.05. The number of carbonyl (C=O) groups excluding carboxylic acids is 1. The van der Waals surface area contributed by atoms with Crippen molar-refractivity contribution < 1.29 is 4.79 Å². The van der Waals surface area contributed by atoms with Crippen molar-refractivity contribution in [1.29, 1.82) is 0 Å². The fourth-order valence-corrected chi connectivity index (χ4v) is 1.83. The number of hydrogen-bond donors (Lipinski definition) is 3. The average molecular weight is 258 g/mol. The molecule has 3 N–H and O–H groups in total. The number of rotatable bonds is 5. The molecular formula is C14H18N4O. The van der Waals surface area contributed by atoms with Gasteiger partial charge in [0.15, 0.2) is 0 Å². The number of carbonyl (C=O) groups is 1. The van der Waals surface area contributed by atoms with Crippen LogP contribution in [0.15, 0.2) is 36.5 Å². The molecule has 100 valence electrons. The molecule has 0 radical (unpaired) electrons. The molecule has 0 saturated carbocycles. The molecule has 2 aromatic rings. The van der Waals surface area contributed by atoms with Gasteiger partial charge in [0, 0.05) is 18.9 Å². The maximum Gasteiger partial charge on any atom is 0.224 e. The van der Waals surface area contributed by atoms with E-state index in [0.717, 1.165) is 16.9 Å². The second kappa shape index (κ2) is 6.04. The Hall–Kier alpha value is -2.30. The second-order valence-corrected chi connectivity index (χ2v) is 4.42. The van der Waals surface area contributed by atoms with E-state index in [1.54, 1.807) is 13.2 Å². The van der Waals surface area contributed by atoms with Gasteiger partial charge in [-0.1, -0.05) is 12.1 Å². The lowest BCUT2D eigenvalue weighted by Gasteiger charge is -2.13. The van der Waals surface area contributed by atoms with Crippen LogP contribution < -0.4 is 10.6 Å². The Morgan fingerprint density at radius 2 is 2.05 bits per heavy atom. The first kappa shape index (κ1) is 13.1. The fourth-order valence-electron chi connectivity index (χ4n) is 1.83. The van der Waals surface area contributed by atoms with Gasteiger partial charge in [0.05, 0.1) is 18.2 Å². The van der Waals surface area contributed by atoms with E-state index in [4.69, 9.17) is 0 Å². The van der Waals surface area contributed by atoms with Crippen molar-refractivity contribution in [2.45, 2.75) is 19.4 Å². The van der Waals surface area contributed by atoms with Crippen LogP contribution in [0.3, 0.4) is 0 Å². The molecule has 1 aromatic heterocycles. The van der Waals surface area contributed by atoms with Crippen molar-refractivity contribution in [1.82, 2.24) is 15.5 Å². The van der Waals surface area contributed by atoms with Gasteiger partial charge in [-0.25, -0.2) is 0 Å². The molecule has 5 nitrogen and oxygen atoms in total. The minimum absolute atomic E-state index is 0.0199. The van der Waals surface area contributed by atoms with E-state index in [2.05, 4.69) is 27.8 Å². The largest absolute Gasteiger partial charge is 0.377 e. The molecule has 5 heteroatoms. The van der Waals surface area contributed by atoms with E-state index in [-0.39, 0.29) is 11.9 Å². The van der Waals surface area contributed by atoms with Gasteiger partial charge in [-0.15, -0.1) is 0 Å². The summed E-state index contributed by atoms with van der Waals surface area (Å²) in [7, 11) is 1.64. The number of anilines is 1. The monoisotopic (exact) mass is 258 g/mol. The van der Waals surface area contributed by atoms with Crippen LogP contribution in [-0.4, -0.2) is 23.2 Å². The molecule has 2 rings (SSSR count). The van der Waals surface area contributed by atoms with Gasteiger partial charge in [0.25, 0.3) is 0 Å². The van der Waals surface area contributed by atoms with E-state index >= 15 is 0 Å². The molecule has 0 aliphatic heterocycles. The van der Waals surface area contributed by atoms with Crippen molar-refractivity contribution in [3.8, 4) is 0 Å². The summed E-state index contributed by atoms with van der Waals surface area (Å²) in [5, 5.41) is 12.8.